The molecule has 0 unspecified atom stereocenters. The van der Waals surface area contributed by atoms with Crippen molar-refractivity contribution in [2.45, 2.75) is 0 Å². The van der Waals surface area contributed by atoms with E-state index in [9.17, 15) is 9.18 Å². The second kappa shape index (κ2) is 5.23. The fraction of sp³-hybridized carbons (Fsp3) is 0. The maximum Gasteiger partial charge on any atom is 0.248 e. The summed E-state index contributed by atoms with van der Waals surface area (Å²) in [5, 5.41) is 0. The van der Waals surface area contributed by atoms with E-state index < -0.39 is 5.91 Å². The Kier molecular flexibility index (Phi) is 3.48. The Morgan fingerprint density at radius 2 is 1.94 bits per heavy atom. The number of nitrogens with two attached hydrogens (primary N) is 1. The second-order valence-corrected chi connectivity index (χ2v) is 3.69. The molecule has 0 radical (unpaired) electrons. The van der Waals surface area contributed by atoms with E-state index in [1.54, 1.807) is 42.5 Å². The summed E-state index contributed by atoms with van der Waals surface area (Å²) in [6, 6.07) is 12.9. The summed E-state index contributed by atoms with van der Waals surface area (Å²) in [6.45, 7) is 0. The number of nitrogens with zero attached hydrogens (tertiary/aromatic N) is 1. The standard InChI is InChI=1S/C14H11FN2O/c15-13-7-2-1-4-11(13)9-17-12-6-3-5-10(8-12)14(16)18/h1-9H,(H2,16,18). The van der Waals surface area contributed by atoms with Crippen LogP contribution in [-0.4, -0.2) is 12.1 Å². The molecule has 0 aromatic heterocycles. The van der Waals surface area contributed by atoms with Crippen LogP contribution >= 0.6 is 0 Å². The minimum absolute atomic E-state index is 0.340. The molecule has 0 aliphatic rings. The molecule has 0 aliphatic carbocycles. The van der Waals surface area contributed by atoms with Gasteiger partial charge in [0.15, 0.2) is 0 Å². The third kappa shape index (κ3) is 2.79. The lowest BCUT2D eigenvalue weighted by molar-refractivity contribution is 0.100. The summed E-state index contributed by atoms with van der Waals surface area (Å²) in [4.78, 5) is 15.1. The number of primary amides is 1. The van der Waals surface area contributed by atoms with Crippen molar-refractivity contribution in [2.75, 3.05) is 0 Å². The van der Waals surface area contributed by atoms with Crippen molar-refractivity contribution in [3.63, 3.8) is 0 Å². The van der Waals surface area contributed by atoms with Crippen LogP contribution in [0.4, 0.5) is 10.1 Å². The van der Waals surface area contributed by atoms with E-state index in [4.69, 9.17) is 5.73 Å². The maximum absolute atomic E-state index is 13.3. The minimum atomic E-state index is -0.516. The van der Waals surface area contributed by atoms with Crippen molar-refractivity contribution < 1.29 is 9.18 Å². The number of aliphatic imine (C=N–C) groups is 1. The van der Waals surface area contributed by atoms with Crippen molar-refractivity contribution in [3.8, 4) is 0 Å². The first-order valence-corrected chi connectivity index (χ1v) is 5.35. The zero-order valence-electron chi connectivity index (χ0n) is 9.51. The molecule has 3 nitrogen and oxygen atoms in total. The lowest BCUT2D eigenvalue weighted by Gasteiger charge is -1.98. The van der Waals surface area contributed by atoms with Gasteiger partial charge in [0.25, 0.3) is 0 Å². The Balaban J connectivity index is 2.27. The first-order chi connectivity index (χ1) is 8.66. The van der Waals surface area contributed by atoms with Crippen LogP contribution in [0.1, 0.15) is 15.9 Å². The molecule has 0 spiro atoms. The summed E-state index contributed by atoms with van der Waals surface area (Å²) in [5.41, 5.74) is 6.48. The van der Waals surface area contributed by atoms with E-state index in [0.29, 0.717) is 16.8 Å². The van der Waals surface area contributed by atoms with Crippen LogP contribution in [0.25, 0.3) is 0 Å². The molecule has 0 saturated carbocycles. The van der Waals surface area contributed by atoms with Crippen molar-refractivity contribution >= 4 is 17.8 Å². The van der Waals surface area contributed by atoms with Gasteiger partial charge in [-0.2, -0.15) is 0 Å². The summed E-state index contributed by atoms with van der Waals surface area (Å²) < 4.78 is 13.3. The van der Waals surface area contributed by atoms with E-state index in [2.05, 4.69) is 4.99 Å². The van der Waals surface area contributed by atoms with Gasteiger partial charge in [0.1, 0.15) is 5.82 Å². The van der Waals surface area contributed by atoms with E-state index in [-0.39, 0.29) is 5.82 Å². The third-order valence-electron chi connectivity index (χ3n) is 2.39. The number of carbonyl (C=O) groups is 1. The highest BCUT2D eigenvalue weighted by Crippen LogP contribution is 2.14. The predicted octanol–water partition coefficient (Wildman–Crippen LogP) is 2.68. The van der Waals surface area contributed by atoms with Gasteiger partial charge in [-0.1, -0.05) is 24.3 Å². The Morgan fingerprint density at radius 1 is 1.17 bits per heavy atom. The van der Waals surface area contributed by atoms with Crippen LogP contribution in [0, 0.1) is 5.82 Å². The van der Waals surface area contributed by atoms with Crippen LogP contribution < -0.4 is 5.73 Å². The zero-order valence-corrected chi connectivity index (χ0v) is 9.51. The molecule has 2 aromatic rings. The quantitative estimate of drug-likeness (QED) is 0.826. The minimum Gasteiger partial charge on any atom is -0.366 e. The topological polar surface area (TPSA) is 55.5 Å². The maximum atomic E-state index is 13.3. The van der Waals surface area contributed by atoms with Crippen LogP contribution in [0.2, 0.25) is 0 Å². The number of hydrogen-bond donors (Lipinski definition) is 1. The van der Waals surface area contributed by atoms with Crippen LogP contribution in [0.15, 0.2) is 53.5 Å². The molecule has 0 aliphatic heterocycles. The Bertz CT molecular complexity index is 608. The second-order valence-electron chi connectivity index (χ2n) is 3.69. The number of amides is 1. The molecule has 1 amide bonds. The molecule has 2 N–H and O–H groups in total. The SMILES string of the molecule is NC(=O)c1cccc(N=Cc2ccccc2F)c1. The number of rotatable bonds is 3. The van der Waals surface area contributed by atoms with Crippen molar-refractivity contribution in [1.29, 1.82) is 0 Å². The zero-order chi connectivity index (χ0) is 13.0. The summed E-state index contributed by atoms with van der Waals surface area (Å²) >= 11 is 0. The smallest absolute Gasteiger partial charge is 0.248 e. The summed E-state index contributed by atoms with van der Waals surface area (Å²) in [7, 11) is 0. The molecule has 18 heavy (non-hydrogen) atoms. The molecular weight excluding hydrogens is 231 g/mol. The molecular formula is C14H11FN2O. The highest BCUT2D eigenvalue weighted by atomic mass is 19.1. The lowest BCUT2D eigenvalue weighted by Crippen LogP contribution is -2.10. The lowest BCUT2D eigenvalue weighted by atomic mass is 10.2. The van der Waals surface area contributed by atoms with Gasteiger partial charge in [-0.25, -0.2) is 4.39 Å². The molecule has 90 valence electrons. The Hall–Kier alpha value is -2.49. The number of halogens is 1. The van der Waals surface area contributed by atoms with Crippen molar-refractivity contribution in [1.82, 2.24) is 0 Å². The van der Waals surface area contributed by atoms with Gasteiger partial charge in [-0.3, -0.25) is 9.79 Å². The molecule has 0 saturated heterocycles. The van der Waals surface area contributed by atoms with E-state index in [1.807, 2.05) is 0 Å². The summed E-state index contributed by atoms with van der Waals surface area (Å²) in [5.74, 6) is -0.856. The monoisotopic (exact) mass is 242 g/mol. The molecule has 4 heteroatoms. The fourth-order valence-electron chi connectivity index (χ4n) is 1.46. The molecule has 2 rings (SSSR count). The molecule has 2 aromatic carbocycles. The van der Waals surface area contributed by atoms with Gasteiger partial charge >= 0.3 is 0 Å². The normalized spacial score (nSPS) is 10.7. The average Bonchev–Trinajstić information content (AvgIpc) is 2.38. The Morgan fingerprint density at radius 3 is 2.67 bits per heavy atom. The van der Waals surface area contributed by atoms with Crippen molar-refractivity contribution in [2.24, 2.45) is 10.7 Å². The molecule has 0 atom stereocenters. The summed E-state index contributed by atoms with van der Waals surface area (Å²) in [6.07, 6.45) is 1.41. The van der Waals surface area contributed by atoms with Gasteiger partial charge in [-0.15, -0.1) is 0 Å². The fourth-order valence-corrected chi connectivity index (χ4v) is 1.46. The molecule has 0 bridgehead atoms. The van der Waals surface area contributed by atoms with Gasteiger partial charge in [0.05, 0.1) is 5.69 Å². The third-order valence-corrected chi connectivity index (χ3v) is 2.39. The average molecular weight is 242 g/mol. The van der Waals surface area contributed by atoms with Crippen LogP contribution in [-0.2, 0) is 0 Å². The van der Waals surface area contributed by atoms with Gasteiger partial charge in [-0.05, 0) is 24.3 Å². The molecule has 0 fully saturated rings. The van der Waals surface area contributed by atoms with Crippen LogP contribution in [0.3, 0.4) is 0 Å². The van der Waals surface area contributed by atoms with Gasteiger partial charge in [0, 0.05) is 17.3 Å². The predicted molar refractivity (Wildman–Crippen MR) is 68.6 cm³/mol. The molecule has 0 heterocycles. The van der Waals surface area contributed by atoms with Crippen LogP contribution in [0.5, 0.6) is 0 Å². The van der Waals surface area contributed by atoms with E-state index >= 15 is 0 Å². The highest BCUT2D eigenvalue weighted by molar-refractivity contribution is 5.93. The van der Waals surface area contributed by atoms with Gasteiger partial charge < -0.3 is 5.73 Å². The Labute approximate surface area is 104 Å². The first kappa shape index (κ1) is 12.0. The first-order valence-electron chi connectivity index (χ1n) is 5.35. The van der Waals surface area contributed by atoms with Crippen molar-refractivity contribution in [3.05, 3.63) is 65.5 Å². The number of carbonyl (C=O) groups excluding carboxylic acids is 1. The number of hydrogen-bond acceptors (Lipinski definition) is 2. The van der Waals surface area contributed by atoms with Gasteiger partial charge in [0.2, 0.25) is 5.91 Å². The van der Waals surface area contributed by atoms with E-state index in [0.717, 1.165) is 0 Å². The van der Waals surface area contributed by atoms with E-state index in [1.165, 1.54) is 12.3 Å². The number of benzene rings is 2. The highest BCUT2D eigenvalue weighted by Gasteiger charge is 2.00. The largest absolute Gasteiger partial charge is 0.366 e.